The van der Waals surface area contributed by atoms with Gasteiger partial charge in [0.2, 0.25) is 11.7 Å². The second-order valence-corrected chi connectivity index (χ2v) is 7.85. The van der Waals surface area contributed by atoms with Crippen molar-refractivity contribution >= 4 is 11.8 Å². The zero-order valence-corrected chi connectivity index (χ0v) is 17.8. The topological polar surface area (TPSA) is 94.1 Å². The van der Waals surface area contributed by atoms with Gasteiger partial charge in [0.25, 0.3) is 11.8 Å². The molecule has 1 aliphatic heterocycles. The van der Waals surface area contributed by atoms with Crippen molar-refractivity contribution in [1.82, 2.24) is 24.8 Å². The van der Waals surface area contributed by atoms with E-state index in [1.54, 1.807) is 24.3 Å². The summed E-state index contributed by atoms with van der Waals surface area (Å²) in [5.74, 6) is 0.266. The highest BCUT2D eigenvalue weighted by atomic mass is 16.5. The second kappa shape index (κ2) is 7.88. The van der Waals surface area contributed by atoms with Crippen LogP contribution in [0.2, 0.25) is 0 Å². The SMILES string of the molecule is Cc1cc(C)n(Cc2cccc(-c3noc(CCN4C(=O)c5ccccc5C4=O)n3)c2)n1. The molecule has 0 aliphatic carbocycles. The molecule has 0 N–H and O–H groups in total. The Balaban J connectivity index is 1.28. The normalized spacial score (nSPS) is 13.1. The number of nitrogens with zero attached hydrogens (tertiary/aromatic N) is 5. The fraction of sp³-hybridized carbons (Fsp3) is 0.208. The Kier molecular flexibility index (Phi) is 4.89. The molecule has 0 saturated heterocycles. The van der Waals surface area contributed by atoms with E-state index in [0.717, 1.165) is 22.5 Å². The predicted octanol–water partition coefficient (Wildman–Crippen LogP) is 3.44. The van der Waals surface area contributed by atoms with Crippen LogP contribution in [0, 0.1) is 13.8 Å². The number of fused-ring (bicyclic) bond motifs is 1. The molecule has 8 nitrogen and oxygen atoms in total. The second-order valence-electron chi connectivity index (χ2n) is 7.85. The molecule has 0 spiro atoms. The lowest BCUT2D eigenvalue weighted by Crippen LogP contribution is -2.31. The Labute approximate surface area is 184 Å². The third-order valence-corrected chi connectivity index (χ3v) is 5.52. The lowest BCUT2D eigenvalue weighted by atomic mass is 10.1. The first-order chi connectivity index (χ1) is 15.5. The van der Waals surface area contributed by atoms with Gasteiger partial charge in [0.15, 0.2) is 0 Å². The van der Waals surface area contributed by atoms with E-state index >= 15 is 0 Å². The number of carbonyl (C=O) groups is 2. The number of aromatic nitrogens is 4. The first kappa shape index (κ1) is 19.9. The van der Waals surface area contributed by atoms with Crippen LogP contribution in [0.25, 0.3) is 11.4 Å². The molecule has 0 radical (unpaired) electrons. The lowest BCUT2D eigenvalue weighted by Gasteiger charge is -2.11. The van der Waals surface area contributed by atoms with Crippen LogP contribution in [-0.2, 0) is 13.0 Å². The molecule has 0 fully saturated rings. The molecule has 0 bridgehead atoms. The fourth-order valence-electron chi connectivity index (χ4n) is 3.94. The minimum atomic E-state index is -0.290. The number of aryl methyl sites for hydroxylation is 2. The van der Waals surface area contributed by atoms with Gasteiger partial charge in [0, 0.05) is 24.2 Å². The molecule has 8 heteroatoms. The number of hydrogen-bond donors (Lipinski definition) is 0. The van der Waals surface area contributed by atoms with Gasteiger partial charge in [-0.3, -0.25) is 19.2 Å². The molecule has 5 rings (SSSR count). The van der Waals surface area contributed by atoms with Crippen molar-refractivity contribution in [2.45, 2.75) is 26.8 Å². The number of amides is 2. The maximum atomic E-state index is 12.5. The third-order valence-electron chi connectivity index (χ3n) is 5.52. The van der Waals surface area contributed by atoms with Crippen LogP contribution < -0.4 is 0 Å². The Morgan fingerprint density at radius 2 is 1.69 bits per heavy atom. The molecule has 3 heterocycles. The summed E-state index contributed by atoms with van der Waals surface area (Å²) in [5.41, 5.74) is 4.86. The summed E-state index contributed by atoms with van der Waals surface area (Å²) in [6.07, 6.45) is 0.296. The third kappa shape index (κ3) is 3.60. The first-order valence-corrected chi connectivity index (χ1v) is 10.4. The van der Waals surface area contributed by atoms with Crippen LogP contribution in [0.3, 0.4) is 0 Å². The Morgan fingerprint density at radius 3 is 2.38 bits per heavy atom. The summed E-state index contributed by atoms with van der Waals surface area (Å²) in [7, 11) is 0. The molecule has 160 valence electrons. The number of benzene rings is 2. The molecule has 4 aromatic rings. The number of imide groups is 1. The minimum Gasteiger partial charge on any atom is -0.339 e. The van der Waals surface area contributed by atoms with Crippen LogP contribution in [0.15, 0.2) is 59.1 Å². The monoisotopic (exact) mass is 427 g/mol. The average Bonchev–Trinajstić information content (AvgIpc) is 3.45. The van der Waals surface area contributed by atoms with E-state index in [0.29, 0.717) is 35.8 Å². The van der Waals surface area contributed by atoms with Crippen molar-refractivity contribution < 1.29 is 14.1 Å². The van der Waals surface area contributed by atoms with Crippen molar-refractivity contribution in [3.8, 4) is 11.4 Å². The van der Waals surface area contributed by atoms with Crippen LogP contribution >= 0.6 is 0 Å². The zero-order chi connectivity index (χ0) is 22.2. The number of carbonyl (C=O) groups excluding carboxylic acids is 2. The quantitative estimate of drug-likeness (QED) is 0.438. The van der Waals surface area contributed by atoms with Crippen molar-refractivity contribution in [2.75, 3.05) is 6.54 Å². The van der Waals surface area contributed by atoms with Gasteiger partial charge in [-0.05, 0) is 43.7 Å². The van der Waals surface area contributed by atoms with E-state index < -0.39 is 0 Å². The Morgan fingerprint density at radius 1 is 0.938 bits per heavy atom. The van der Waals surface area contributed by atoms with E-state index in [1.807, 2.05) is 48.9 Å². The van der Waals surface area contributed by atoms with Gasteiger partial charge in [-0.2, -0.15) is 10.1 Å². The van der Waals surface area contributed by atoms with E-state index in [1.165, 1.54) is 4.90 Å². The van der Waals surface area contributed by atoms with Crippen LogP contribution in [0.4, 0.5) is 0 Å². The molecule has 0 atom stereocenters. The molecule has 1 aliphatic rings. The molecular weight excluding hydrogens is 406 g/mol. The average molecular weight is 427 g/mol. The highest BCUT2D eigenvalue weighted by molar-refractivity contribution is 6.21. The minimum absolute atomic E-state index is 0.186. The summed E-state index contributed by atoms with van der Waals surface area (Å²) in [6.45, 7) is 4.84. The fourth-order valence-corrected chi connectivity index (χ4v) is 3.94. The number of hydrogen-bond acceptors (Lipinski definition) is 6. The van der Waals surface area contributed by atoms with Crippen molar-refractivity contribution in [3.05, 3.63) is 88.6 Å². The molecular formula is C24H21N5O3. The molecule has 0 unspecified atom stereocenters. The van der Waals surface area contributed by atoms with Gasteiger partial charge in [0.1, 0.15) is 0 Å². The molecule has 2 aromatic carbocycles. The molecule has 2 aromatic heterocycles. The lowest BCUT2D eigenvalue weighted by molar-refractivity contribution is 0.0653. The smallest absolute Gasteiger partial charge is 0.261 e. The summed E-state index contributed by atoms with van der Waals surface area (Å²) in [4.78, 5) is 30.7. The van der Waals surface area contributed by atoms with Gasteiger partial charge in [-0.25, -0.2) is 0 Å². The maximum absolute atomic E-state index is 12.5. The standard InChI is InChI=1S/C24H21N5O3/c1-15-12-16(2)29(26-15)14-17-6-5-7-18(13-17)22-25-21(32-27-22)10-11-28-23(30)19-8-3-4-9-20(19)24(28)31/h3-9,12-13H,10-11,14H2,1-2H3. The molecule has 0 saturated carbocycles. The molecule has 2 amide bonds. The zero-order valence-electron chi connectivity index (χ0n) is 17.8. The highest BCUT2D eigenvalue weighted by Gasteiger charge is 2.34. The predicted molar refractivity (Wildman–Crippen MR) is 116 cm³/mol. The van der Waals surface area contributed by atoms with Crippen LogP contribution in [0.5, 0.6) is 0 Å². The van der Waals surface area contributed by atoms with Crippen LogP contribution in [0.1, 0.15) is 43.6 Å². The van der Waals surface area contributed by atoms with Gasteiger partial charge < -0.3 is 4.52 Å². The van der Waals surface area contributed by atoms with E-state index in [-0.39, 0.29) is 18.4 Å². The van der Waals surface area contributed by atoms with E-state index in [2.05, 4.69) is 15.2 Å². The maximum Gasteiger partial charge on any atom is 0.261 e. The van der Waals surface area contributed by atoms with Gasteiger partial charge in [0.05, 0.1) is 23.4 Å². The van der Waals surface area contributed by atoms with Crippen molar-refractivity contribution in [3.63, 3.8) is 0 Å². The molecule has 32 heavy (non-hydrogen) atoms. The van der Waals surface area contributed by atoms with Gasteiger partial charge in [-0.15, -0.1) is 0 Å². The van der Waals surface area contributed by atoms with Gasteiger partial charge in [-0.1, -0.05) is 35.5 Å². The van der Waals surface area contributed by atoms with E-state index in [4.69, 9.17) is 4.52 Å². The van der Waals surface area contributed by atoms with Crippen molar-refractivity contribution in [2.24, 2.45) is 0 Å². The summed E-state index contributed by atoms with van der Waals surface area (Å²) < 4.78 is 7.34. The largest absolute Gasteiger partial charge is 0.339 e. The summed E-state index contributed by atoms with van der Waals surface area (Å²) in [6, 6.07) is 16.8. The van der Waals surface area contributed by atoms with Gasteiger partial charge >= 0.3 is 0 Å². The van der Waals surface area contributed by atoms with Crippen molar-refractivity contribution in [1.29, 1.82) is 0 Å². The van der Waals surface area contributed by atoms with Crippen LogP contribution in [-0.4, -0.2) is 43.2 Å². The summed E-state index contributed by atoms with van der Waals surface area (Å²) >= 11 is 0. The highest BCUT2D eigenvalue weighted by Crippen LogP contribution is 2.23. The first-order valence-electron chi connectivity index (χ1n) is 10.4. The summed E-state index contributed by atoms with van der Waals surface area (Å²) in [5, 5.41) is 8.59. The Bertz CT molecular complexity index is 1300. The van der Waals surface area contributed by atoms with E-state index in [9.17, 15) is 9.59 Å². The Hall–Kier alpha value is -4.07. The number of rotatable bonds is 6.